The van der Waals surface area contributed by atoms with Crippen molar-refractivity contribution < 1.29 is 23.7 Å². The highest BCUT2D eigenvalue weighted by Gasteiger charge is 2.17. The normalized spacial score (nSPS) is 11.1. The van der Waals surface area contributed by atoms with Crippen LogP contribution < -0.4 is 31.8 Å². The summed E-state index contributed by atoms with van der Waals surface area (Å²) in [6, 6.07) is 5.20. The Kier molecular flexibility index (Phi) is 10.4. The number of nitrogen functional groups attached to an aromatic ring is 1. The number of amides is 1. The lowest BCUT2D eigenvalue weighted by Crippen LogP contribution is -2.42. The molecule has 2 rings (SSSR count). The molecule has 0 fully saturated rings. The van der Waals surface area contributed by atoms with Crippen molar-refractivity contribution in [3.8, 4) is 11.5 Å². The van der Waals surface area contributed by atoms with Gasteiger partial charge in [0.1, 0.15) is 24.7 Å². The number of rotatable bonds is 13. The van der Waals surface area contributed by atoms with Crippen molar-refractivity contribution in [2.75, 3.05) is 51.7 Å². The number of hydrogen-bond acceptors (Lipinski definition) is 8. The number of nitrogens with two attached hydrogens (primary N) is 1. The molecule has 0 aliphatic heterocycles. The van der Waals surface area contributed by atoms with E-state index in [0.717, 1.165) is 4.57 Å². The number of carbonyl (C=O) groups is 1. The highest BCUT2D eigenvalue weighted by atomic mass is 16.5. The summed E-state index contributed by atoms with van der Waals surface area (Å²) in [4.78, 5) is 37.5. The van der Waals surface area contributed by atoms with Crippen LogP contribution in [0.5, 0.6) is 11.5 Å². The number of hydrogen-bond donors (Lipinski definition) is 2. The lowest BCUT2D eigenvalue weighted by atomic mass is 10.2. The molecule has 0 spiro atoms. The molecule has 0 aliphatic rings. The van der Waals surface area contributed by atoms with Crippen molar-refractivity contribution >= 4 is 23.5 Å². The fourth-order valence-electron chi connectivity index (χ4n) is 3.08. The summed E-state index contributed by atoms with van der Waals surface area (Å²) in [6.07, 6.45) is 2.82. The fraction of sp³-hybridized carbons (Fsp3) is 0.435. The summed E-state index contributed by atoms with van der Waals surface area (Å²) >= 11 is 0. The second kappa shape index (κ2) is 13.2. The van der Waals surface area contributed by atoms with Crippen LogP contribution in [0.4, 0.5) is 11.5 Å². The van der Waals surface area contributed by atoms with Crippen LogP contribution in [0.3, 0.4) is 0 Å². The van der Waals surface area contributed by atoms with Crippen molar-refractivity contribution in [1.82, 2.24) is 9.13 Å². The predicted molar refractivity (Wildman–Crippen MR) is 130 cm³/mol. The second-order valence-electron chi connectivity index (χ2n) is 7.05. The van der Waals surface area contributed by atoms with Gasteiger partial charge in [-0.1, -0.05) is 6.07 Å². The molecule has 1 aromatic heterocycles. The van der Waals surface area contributed by atoms with Crippen LogP contribution >= 0.6 is 0 Å². The second-order valence-corrected chi connectivity index (χ2v) is 7.05. The van der Waals surface area contributed by atoms with Crippen LogP contribution in [-0.4, -0.2) is 55.7 Å². The topological polar surface area (TPSA) is 136 Å². The molecule has 0 saturated carbocycles. The molecule has 1 heterocycles. The number of nitrogens with zero attached hydrogens (tertiary/aromatic N) is 2. The molecule has 0 aliphatic carbocycles. The summed E-state index contributed by atoms with van der Waals surface area (Å²) in [5, 5.41) is 2.50. The van der Waals surface area contributed by atoms with Crippen LogP contribution in [-0.2, 0) is 27.4 Å². The molecule has 0 atom stereocenters. The van der Waals surface area contributed by atoms with Crippen molar-refractivity contribution in [3.63, 3.8) is 0 Å². The maximum atomic E-state index is 12.6. The first-order chi connectivity index (χ1) is 16.4. The largest absolute Gasteiger partial charge is 0.487 e. The Labute approximate surface area is 197 Å². The number of methoxy groups -OCH3 is 2. The van der Waals surface area contributed by atoms with Gasteiger partial charge in [0.05, 0.1) is 13.2 Å². The van der Waals surface area contributed by atoms with Gasteiger partial charge in [-0.15, -0.1) is 0 Å². The third-order valence-corrected chi connectivity index (χ3v) is 4.83. The maximum absolute atomic E-state index is 12.6. The quantitative estimate of drug-likeness (QED) is 0.326. The monoisotopic (exact) mass is 476 g/mol. The van der Waals surface area contributed by atoms with Crippen LogP contribution in [0.15, 0.2) is 33.9 Å². The summed E-state index contributed by atoms with van der Waals surface area (Å²) in [6.45, 7) is 5.30. The lowest BCUT2D eigenvalue weighted by molar-refractivity contribution is -0.111. The van der Waals surface area contributed by atoms with E-state index in [1.807, 2.05) is 0 Å². The van der Waals surface area contributed by atoms with E-state index in [1.54, 1.807) is 52.3 Å². The number of carbonyl (C=O) groups excluding carboxylic acids is 1. The number of aromatic nitrogens is 2. The van der Waals surface area contributed by atoms with Gasteiger partial charge in [-0.3, -0.25) is 18.7 Å². The zero-order valence-corrected chi connectivity index (χ0v) is 20.0. The van der Waals surface area contributed by atoms with Crippen LogP contribution in [0.2, 0.25) is 0 Å². The van der Waals surface area contributed by atoms with Gasteiger partial charge in [0, 0.05) is 33.4 Å². The molecule has 0 saturated heterocycles. The molecule has 3 N–H and O–H groups in total. The van der Waals surface area contributed by atoms with Gasteiger partial charge in [0.25, 0.3) is 5.56 Å². The first-order valence-corrected chi connectivity index (χ1v) is 10.9. The Balaban J connectivity index is 2.25. The molecule has 0 unspecified atom stereocenters. The van der Waals surface area contributed by atoms with E-state index in [2.05, 4.69) is 5.32 Å². The molecule has 11 nitrogen and oxygen atoms in total. The Morgan fingerprint density at radius 1 is 0.971 bits per heavy atom. The number of nitrogens with one attached hydrogen (secondary N) is 1. The summed E-state index contributed by atoms with van der Waals surface area (Å²) < 4.78 is 23.7. The van der Waals surface area contributed by atoms with E-state index in [1.165, 1.54) is 10.6 Å². The fourth-order valence-corrected chi connectivity index (χ4v) is 3.08. The average Bonchev–Trinajstić information content (AvgIpc) is 2.82. The van der Waals surface area contributed by atoms with E-state index in [-0.39, 0.29) is 24.6 Å². The molecule has 34 heavy (non-hydrogen) atoms. The van der Waals surface area contributed by atoms with Gasteiger partial charge in [-0.05, 0) is 37.6 Å². The van der Waals surface area contributed by atoms with Crippen molar-refractivity contribution in [1.29, 1.82) is 0 Å². The number of benzene rings is 1. The Morgan fingerprint density at radius 3 is 2.18 bits per heavy atom. The third-order valence-electron chi connectivity index (χ3n) is 4.83. The highest BCUT2D eigenvalue weighted by molar-refractivity contribution is 6.03. The molecule has 0 bridgehead atoms. The minimum atomic E-state index is -0.650. The zero-order chi connectivity index (χ0) is 25.1. The first-order valence-electron chi connectivity index (χ1n) is 10.9. The molecule has 0 radical (unpaired) electrons. The average molecular weight is 477 g/mol. The summed E-state index contributed by atoms with van der Waals surface area (Å²) in [5.74, 6) is 0.357. The van der Waals surface area contributed by atoms with E-state index in [9.17, 15) is 14.4 Å². The lowest BCUT2D eigenvalue weighted by Gasteiger charge is -2.14. The van der Waals surface area contributed by atoms with Crippen molar-refractivity contribution in [3.05, 3.63) is 50.7 Å². The number of anilines is 2. The molecule has 1 aromatic carbocycles. The highest BCUT2D eigenvalue weighted by Crippen LogP contribution is 2.29. The van der Waals surface area contributed by atoms with Gasteiger partial charge in [0.15, 0.2) is 11.5 Å². The Bertz CT molecular complexity index is 1120. The molecule has 186 valence electrons. The standard InChI is InChI=1S/C23H32N4O7/c1-5-26-21(24)20(22(29)27(6-2)23(26)30)25-19(28)10-8-16-7-9-17(33-13-11-31-3)18(15-16)34-14-12-32-4/h7-10,15H,5-6,11-14,24H2,1-4H3,(H,25,28)/b10-8+. The summed E-state index contributed by atoms with van der Waals surface area (Å²) in [7, 11) is 3.16. The summed E-state index contributed by atoms with van der Waals surface area (Å²) in [5.41, 5.74) is 5.34. The smallest absolute Gasteiger partial charge is 0.332 e. The Hall–Kier alpha value is -3.57. The molecule has 11 heteroatoms. The molecular weight excluding hydrogens is 444 g/mol. The van der Waals surface area contributed by atoms with Gasteiger partial charge < -0.3 is 30.0 Å². The van der Waals surface area contributed by atoms with Gasteiger partial charge in [0.2, 0.25) is 5.91 Å². The van der Waals surface area contributed by atoms with E-state index >= 15 is 0 Å². The molecule has 1 amide bonds. The first kappa shape index (κ1) is 26.7. The third kappa shape index (κ3) is 6.72. The van der Waals surface area contributed by atoms with Crippen LogP contribution in [0.1, 0.15) is 19.4 Å². The van der Waals surface area contributed by atoms with E-state index in [4.69, 9.17) is 24.7 Å². The van der Waals surface area contributed by atoms with Crippen molar-refractivity contribution in [2.45, 2.75) is 26.9 Å². The minimum absolute atomic E-state index is 0.0876. The van der Waals surface area contributed by atoms with E-state index < -0.39 is 17.2 Å². The maximum Gasteiger partial charge on any atom is 0.332 e. The van der Waals surface area contributed by atoms with Gasteiger partial charge in [-0.2, -0.15) is 0 Å². The van der Waals surface area contributed by atoms with Crippen LogP contribution in [0.25, 0.3) is 6.08 Å². The van der Waals surface area contributed by atoms with Crippen molar-refractivity contribution in [2.24, 2.45) is 0 Å². The number of ether oxygens (including phenoxy) is 4. The SMILES string of the molecule is CCn1c(N)c(NC(=O)/C=C/c2ccc(OCCOC)c(OCCOC)c2)c(=O)n(CC)c1=O. The van der Waals surface area contributed by atoms with Gasteiger partial charge >= 0.3 is 5.69 Å². The minimum Gasteiger partial charge on any atom is -0.487 e. The van der Waals surface area contributed by atoms with Crippen LogP contribution in [0, 0.1) is 0 Å². The molecular formula is C23H32N4O7. The van der Waals surface area contributed by atoms with E-state index in [0.29, 0.717) is 43.5 Å². The zero-order valence-electron chi connectivity index (χ0n) is 20.0. The Morgan fingerprint density at radius 2 is 1.59 bits per heavy atom. The van der Waals surface area contributed by atoms with Gasteiger partial charge in [-0.25, -0.2) is 4.79 Å². The molecule has 2 aromatic rings. The predicted octanol–water partition coefficient (Wildman–Crippen LogP) is 1.33.